The van der Waals surface area contributed by atoms with Crippen LogP contribution >= 0.6 is 0 Å². The van der Waals surface area contributed by atoms with Crippen molar-refractivity contribution in [1.29, 1.82) is 5.26 Å². The quantitative estimate of drug-likeness (QED) is 0.807. The lowest BCUT2D eigenvalue weighted by molar-refractivity contribution is 0.421. The van der Waals surface area contributed by atoms with Gasteiger partial charge in [0.05, 0.1) is 12.3 Å². The number of nitrogens with zero attached hydrogens (tertiary/aromatic N) is 2. The molecule has 1 aromatic heterocycles. The predicted octanol–water partition coefficient (Wildman–Crippen LogP) is 1.30. The number of nitriles is 1. The summed E-state index contributed by atoms with van der Waals surface area (Å²) in [5.74, 6) is 0. The highest BCUT2D eigenvalue weighted by molar-refractivity contribution is 7.89. The number of rotatable bonds is 3. The highest BCUT2D eigenvalue weighted by Crippen LogP contribution is 2.28. The number of sulfonamides is 1. The second kappa shape index (κ2) is 5.08. The number of nitrogens with one attached hydrogen (secondary N) is 2. The topological polar surface area (TPSA) is 98.6 Å². The molecule has 18 heavy (non-hydrogen) atoms. The molecule has 0 amide bonds. The van der Waals surface area contributed by atoms with E-state index in [4.69, 9.17) is 0 Å². The van der Waals surface area contributed by atoms with Crippen LogP contribution in [0.4, 0.5) is 0 Å². The van der Waals surface area contributed by atoms with Crippen molar-refractivity contribution in [3.05, 3.63) is 12.3 Å². The summed E-state index contributed by atoms with van der Waals surface area (Å²) >= 11 is 0. The average Bonchev–Trinajstić information content (AvgIpc) is 2.79. The third-order valence-corrected chi connectivity index (χ3v) is 4.73. The lowest BCUT2D eigenvalue weighted by Gasteiger charge is -2.25. The Bertz CT molecular complexity index is 522. The molecular formula is C11H16N4O2S. The Morgan fingerprint density at radius 3 is 2.50 bits per heavy atom. The average molecular weight is 268 g/mol. The maximum atomic E-state index is 12.1. The summed E-state index contributed by atoms with van der Waals surface area (Å²) < 4.78 is 26.7. The van der Waals surface area contributed by atoms with Gasteiger partial charge < -0.3 is 0 Å². The van der Waals surface area contributed by atoms with Crippen molar-refractivity contribution in [3.8, 4) is 6.07 Å². The molecule has 1 saturated carbocycles. The number of hydrogen-bond donors (Lipinski definition) is 2. The summed E-state index contributed by atoms with van der Waals surface area (Å²) in [6.45, 7) is 0. The highest BCUT2D eigenvalue weighted by atomic mass is 32.2. The molecule has 0 aromatic carbocycles. The van der Waals surface area contributed by atoms with Crippen LogP contribution in [0.15, 0.2) is 17.3 Å². The van der Waals surface area contributed by atoms with Crippen molar-refractivity contribution in [1.82, 2.24) is 14.9 Å². The van der Waals surface area contributed by atoms with Gasteiger partial charge in [0.25, 0.3) is 10.0 Å². The van der Waals surface area contributed by atoms with Crippen LogP contribution in [0.3, 0.4) is 0 Å². The monoisotopic (exact) mass is 268 g/mol. The van der Waals surface area contributed by atoms with Gasteiger partial charge in [0.2, 0.25) is 0 Å². The van der Waals surface area contributed by atoms with Crippen LogP contribution in [-0.4, -0.2) is 24.2 Å². The molecule has 2 N–H and O–H groups in total. The van der Waals surface area contributed by atoms with Gasteiger partial charge in [0, 0.05) is 0 Å². The molecule has 1 aromatic rings. The first kappa shape index (κ1) is 13.1. The Kier molecular flexibility index (Phi) is 3.68. The van der Waals surface area contributed by atoms with Crippen LogP contribution in [0.1, 0.15) is 38.5 Å². The standard InChI is InChI=1S/C11H16N4O2S/c12-9-11(6-3-1-2-4-7-11)15-18(16,17)10-5-8-13-14-10/h5,8,15H,1-4,6-7H2,(H,13,14). The van der Waals surface area contributed by atoms with Gasteiger partial charge in [-0.3, -0.25) is 5.10 Å². The Morgan fingerprint density at radius 2 is 2.00 bits per heavy atom. The van der Waals surface area contributed by atoms with E-state index in [1.165, 1.54) is 12.3 Å². The number of aromatic nitrogens is 2. The van der Waals surface area contributed by atoms with Crippen LogP contribution in [0.5, 0.6) is 0 Å². The molecule has 0 spiro atoms. The molecule has 6 nitrogen and oxygen atoms in total. The van der Waals surface area contributed by atoms with Crippen molar-refractivity contribution in [2.24, 2.45) is 0 Å². The predicted molar refractivity (Wildman–Crippen MR) is 65.0 cm³/mol. The molecular weight excluding hydrogens is 252 g/mol. The van der Waals surface area contributed by atoms with Gasteiger partial charge in [-0.05, 0) is 18.9 Å². The fourth-order valence-corrected chi connectivity index (χ4v) is 3.56. The summed E-state index contributed by atoms with van der Waals surface area (Å²) in [5, 5.41) is 15.4. The number of aromatic amines is 1. The Labute approximate surface area is 106 Å². The molecule has 0 radical (unpaired) electrons. The normalized spacial score (nSPS) is 19.9. The molecule has 1 heterocycles. The summed E-state index contributed by atoms with van der Waals surface area (Å²) in [4.78, 5) is 0. The van der Waals surface area contributed by atoms with Gasteiger partial charge in [-0.2, -0.15) is 15.1 Å². The molecule has 1 fully saturated rings. The van der Waals surface area contributed by atoms with Gasteiger partial charge in [-0.25, -0.2) is 8.42 Å². The van der Waals surface area contributed by atoms with Crippen LogP contribution in [0, 0.1) is 11.3 Å². The summed E-state index contributed by atoms with van der Waals surface area (Å²) in [6.07, 6.45) is 6.36. The Morgan fingerprint density at radius 1 is 1.33 bits per heavy atom. The minimum Gasteiger partial charge on any atom is -0.266 e. The third-order valence-electron chi connectivity index (χ3n) is 3.27. The minimum absolute atomic E-state index is 0.00127. The van der Waals surface area contributed by atoms with E-state index < -0.39 is 15.6 Å². The first-order valence-corrected chi connectivity index (χ1v) is 7.51. The number of hydrogen-bond acceptors (Lipinski definition) is 4. The molecule has 7 heteroatoms. The first-order chi connectivity index (χ1) is 8.58. The fraction of sp³-hybridized carbons (Fsp3) is 0.636. The molecule has 2 rings (SSSR count). The van der Waals surface area contributed by atoms with E-state index >= 15 is 0 Å². The molecule has 1 aliphatic carbocycles. The third kappa shape index (κ3) is 2.71. The molecule has 1 aliphatic rings. The van der Waals surface area contributed by atoms with Gasteiger partial charge in [0.1, 0.15) is 5.54 Å². The van der Waals surface area contributed by atoms with E-state index in [0.29, 0.717) is 12.8 Å². The van der Waals surface area contributed by atoms with E-state index in [1.54, 1.807) is 0 Å². The Hall–Kier alpha value is -1.39. The fourth-order valence-electron chi connectivity index (χ4n) is 2.27. The largest absolute Gasteiger partial charge is 0.266 e. The van der Waals surface area contributed by atoms with Crippen molar-refractivity contribution in [2.75, 3.05) is 0 Å². The maximum Gasteiger partial charge on any atom is 0.258 e. The van der Waals surface area contributed by atoms with E-state index in [9.17, 15) is 13.7 Å². The summed E-state index contributed by atoms with van der Waals surface area (Å²) in [5.41, 5.74) is -0.972. The van der Waals surface area contributed by atoms with Gasteiger partial charge in [-0.1, -0.05) is 25.7 Å². The molecule has 0 atom stereocenters. The van der Waals surface area contributed by atoms with Crippen molar-refractivity contribution < 1.29 is 8.42 Å². The van der Waals surface area contributed by atoms with Crippen molar-refractivity contribution >= 4 is 10.0 Å². The van der Waals surface area contributed by atoms with Gasteiger partial charge in [0.15, 0.2) is 5.03 Å². The second-order valence-electron chi connectivity index (χ2n) is 4.63. The van der Waals surface area contributed by atoms with E-state index in [1.807, 2.05) is 0 Å². The molecule has 98 valence electrons. The van der Waals surface area contributed by atoms with Gasteiger partial charge in [-0.15, -0.1) is 0 Å². The van der Waals surface area contributed by atoms with Crippen molar-refractivity contribution in [2.45, 2.75) is 49.1 Å². The zero-order valence-electron chi connectivity index (χ0n) is 10.0. The zero-order valence-corrected chi connectivity index (χ0v) is 10.8. The lowest BCUT2D eigenvalue weighted by Crippen LogP contribution is -2.46. The minimum atomic E-state index is -3.69. The molecule has 0 aliphatic heterocycles. The van der Waals surface area contributed by atoms with Gasteiger partial charge >= 0.3 is 0 Å². The van der Waals surface area contributed by atoms with Crippen LogP contribution in [0.2, 0.25) is 0 Å². The second-order valence-corrected chi connectivity index (χ2v) is 6.29. The lowest BCUT2D eigenvalue weighted by atomic mass is 9.94. The smallest absolute Gasteiger partial charge is 0.258 e. The number of H-pyrrole nitrogens is 1. The molecule has 0 bridgehead atoms. The zero-order chi connectivity index (χ0) is 13.1. The van der Waals surface area contributed by atoms with E-state index in [2.05, 4.69) is 21.0 Å². The van der Waals surface area contributed by atoms with Crippen LogP contribution < -0.4 is 4.72 Å². The summed E-state index contributed by atoms with van der Waals surface area (Å²) in [6, 6.07) is 3.53. The van der Waals surface area contributed by atoms with Crippen molar-refractivity contribution in [3.63, 3.8) is 0 Å². The molecule has 0 saturated heterocycles. The van der Waals surface area contributed by atoms with E-state index in [-0.39, 0.29) is 5.03 Å². The SMILES string of the molecule is N#CC1(NS(=O)(=O)c2ccn[nH]2)CCCCCC1. The first-order valence-electron chi connectivity index (χ1n) is 6.03. The summed E-state index contributed by atoms with van der Waals surface area (Å²) in [7, 11) is -3.69. The molecule has 0 unspecified atom stereocenters. The van der Waals surface area contributed by atoms with Crippen LogP contribution in [0.25, 0.3) is 0 Å². The van der Waals surface area contributed by atoms with E-state index in [0.717, 1.165) is 25.7 Å². The van der Waals surface area contributed by atoms with Crippen LogP contribution in [-0.2, 0) is 10.0 Å². The highest BCUT2D eigenvalue weighted by Gasteiger charge is 2.36. The Balaban J connectivity index is 2.23. The maximum absolute atomic E-state index is 12.1.